The molecule has 0 fully saturated rings. The first-order valence-electron chi connectivity index (χ1n) is 10.4. The van der Waals surface area contributed by atoms with Crippen molar-refractivity contribution in [2.24, 2.45) is 0 Å². The van der Waals surface area contributed by atoms with E-state index in [1.807, 2.05) is 56.3 Å². The number of sulfonamides is 1. The van der Waals surface area contributed by atoms with Gasteiger partial charge >= 0.3 is 0 Å². The van der Waals surface area contributed by atoms with Crippen LogP contribution in [0, 0.1) is 13.8 Å². The number of carbonyl (C=O) groups excluding carboxylic acids is 1. The second-order valence-corrected chi connectivity index (χ2v) is 9.42. The van der Waals surface area contributed by atoms with Gasteiger partial charge in [-0.1, -0.05) is 54.1 Å². The molecule has 0 radical (unpaired) electrons. The molecule has 0 bridgehead atoms. The van der Waals surface area contributed by atoms with Crippen molar-refractivity contribution in [3.63, 3.8) is 0 Å². The molecule has 3 aromatic rings. The minimum atomic E-state index is -4.06. The summed E-state index contributed by atoms with van der Waals surface area (Å²) >= 11 is 0. The zero-order valence-electron chi connectivity index (χ0n) is 18.5. The lowest BCUT2D eigenvalue weighted by atomic mass is 10.1. The van der Waals surface area contributed by atoms with Crippen molar-refractivity contribution < 1.29 is 17.9 Å². The highest BCUT2D eigenvalue weighted by molar-refractivity contribution is 7.93. The molecule has 0 spiro atoms. The highest BCUT2D eigenvalue weighted by Gasteiger charge is 2.30. The zero-order valence-corrected chi connectivity index (χ0v) is 19.4. The topological polar surface area (TPSA) is 75.7 Å². The van der Waals surface area contributed by atoms with E-state index in [2.05, 4.69) is 5.32 Å². The Morgan fingerprint density at radius 1 is 0.938 bits per heavy atom. The maximum atomic E-state index is 13.6. The second kappa shape index (κ2) is 10.3. The molecule has 0 aliphatic heterocycles. The van der Waals surface area contributed by atoms with Crippen LogP contribution >= 0.6 is 0 Å². The Morgan fingerprint density at radius 2 is 1.59 bits per heavy atom. The smallest absolute Gasteiger partial charge is 0.268 e. The van der Waals surface area contributed by atoms with E-state index in [4.69, 9.17) is 4.74 Å². The molecule has 0 saturated heterocycles. The number of amides is 1. The Morgan fingerprint density at radius 3 is 2.25 bits per heavy atom. The van der Waals surface area contributed by atoms with Crippen molar-refractivity contribution in [1.29, 1.82) is 0 Å². The molecule has 1 N–H and O–H groups in total. The number of nitrogens with zero attached hydrogens (tertiary/aromatic N) is 1. The molecule has 0 saturated carbocycles. The Bertz CT molecular complexity index is 1160. The summed E-state index contributed by atoms with van der Waals surface area (Å²) in [6.07, 6.45) is 0.662. The van der Waals surface area contributed by atoms with E-state index in [0.717, 1.165) is 21.0 Å². The molecule has 0 aliphatic rings. The molecular weight excluding hydrogens is 424 g/mol. The van der Waals surface area contributed by atoms with Gasteiger partial charge in [-0.25, -0.2) is 8.42 Å². The first-order chi connectivity index (χ1) is 15.3. The van der Waals surface area contributed by atoms with Gasteiger partial charge in [0.15, 0.2) is 0 Å². The summed E-state index contributed by atoms with van der Waals surface area (Å²) in [6.45, 7) is 3.81. The Balaban J connectivity index is 1.86. The van der Waals surface area contributed by atoms with E-state index in [1.165, 1.54) is 7.11 Å². The third kappa shape index (κ3) is 5.68. The molecule has 0 heterocycles. The minimum Gasteiger partial charge on any atom is -0.495 e. The van der Waals surface area contributed by atoms with E-state index in [0.29, 0.717) is 18.7 Å². The lowest BCUT2D eigenvalue weighted by Crippen LogP contribution is -2.41. The molecule has 0 unspecified atom stereocenters. The summed E-state index contributed by atoms with van der Waals surface area (Å²) in [7, 11) is -2.63. The Kier molecular flexibility index (Phi) is 7.53. The summed E-state index contributed by atoms with van der Waals surface area (Å²) in [4.78, 5) is 12.8. The summed E-state index contributed by atoms with van der Waals surface area (Å²) in [5.74, 6) is -0.145. The first kappa shape index (κ1) is 23.3. The number of anilines is 1. The van der Waals surface area contributed by atoms with Crippen molar-refractivity contribution >= 4 is 21.6 Å². The average Bonchev–Trinajstić information content (AvgIpc) is 2.79. The van der Waals surface area contributed by atoms with Gasteiger partial charge in [0, 0.05) is 6.54 Å². The maximum absolute atomic E-state index is 13.6. The zero-order chi connectivity index (χ0) is 23.1. The van der Waals surface area contributed by atoms with E-state index >= 15 is 0 Å². The van der Waals surface area contributed by atoms with Crippen LogP contribution in [0.3, 0.4) is 0 Å². The Labute approximate surface area is 189 Å². The molecule has 3 aromatic carbocycles. The predicted molar refractivity (Wildman–Crippen MR) is 127 cm³/mol. The predicted octanol–water partition coefficient (Wildman–Crippen LogP) is 3.87. The van der Waals surface area contributed by atoms with Crippen LogP contribution in [0.15, 0.2) is 77.7 Å². The van der Waals surface area contributed by atoms with Crippen molar-refractivity contribution in [1.82, 2.24) is 5.32 Å². The van der Waals surface area contributed by atoms with Crippen LogP contribution in [0.25, 0.3) is 0 Å². The normalized spacial score (nSPS) is 11.1. The van der Waals surface area contributed by atoms with Crippen LogP contribution in [0.4, 0.5) is 5.69 Å². The van der Waals surface area contributed by atoms with Gasteiger partial charge in [0.05, 0.1) is 12.8 Å². The van der Waals surface area contributed by atoms with Gasteiger partial charge in [0.2, 0.25) is 5.91 Å². The molecule has 3 rings (SSSR count). The van der Waals surface area contributed by atoms with Crippen molar-refractivity contribution in [2.45, 2.75) is 25.2 Å². The third-order valence-corrected chi connectivity index (χ3v) is 6.87. The summed E-state index contributed by atoms with van der Waals surface area (Å²) < 4.78 is 33.7. The number of hydrogen-bond acceptors (Lipinski definition) is 4. The largest absolute Gasteiger partial charge is 0.495 e. The van der Waals surface area contributed by atoms with Gasteiger partial charge in [-0.15, -0.1) is 0 Å². The molecular formula is C25H28N2O4S. The third-order valence-electron chi connectivity index (χ3n) is 5.08. The fourth-order valence-electron chi connectivity index (χ4n) is 3.31. The number of rotatable bonds is 9. The van der Waals surface area contributed by atoms with E-state index in [-0.39, 0.29) is 23.1 Å². The number of ether oxygens (including phenoxy) is 1. The molecule has 168 valence electrons. The van der Waals surface area contributed by atoms with Crippen LogP contribution in [0.1, 0.15) is 16.7 Å². The summed E-state index contributed by atoms with van der Waals surface area (Å²) in [5, 5.41) is 2.83. The number of nitrogens with one attached hydrogen (secondary N) is 1. The van der Waals surface area contributed by atoms with E-state index in [9.17, 15) is 13.2 Å². The van der Waals surface area contributed by atoms with Crippen molar-refractivity contribution in [3.8, 4) is 5.75 Å². The van der Waals surface area contributed by atoms with Gasteiger partial charge in [-0.05, 0) is 55.7 Å². The average molecular weight is 453 g/mol. The molecule has 32 heavy (non-hydrogen) atoms. The number of methoxy groups -OCH3 is 1. The summed E-state index contributed by atoms with van der Waals surface area (Å²) in [6, 6.07) is 21.8. The second-order valence-electron chi connectivity index (χ2n) is 7.59. The van der Waals surface area contributed by atoms with Crippen LogP contribution in [0.2, 0.25) is 0 Å². The van der Waals surface area contributed by atoms with Gasteiger partial charge in [0.1, 0.15) is 17.2 Å². The van der Waals surface area contributed by atoms with Crippen LogP contribution in [-0.4, -0.2) is 34.5 Å². The van der Waals surface area contributed by atoms with Crippen molar-refractivity contribution in [3.05, 3.63) is 89.5 Å². The monoisotopic (exact) mass is 452 g/mol. The highest BCUT2D eigenvalue weighted by Crippen LogP contribution is 2.31. The number of aryl methyl sites for hydroxylation is 2. The van der Waals surface area contributed by atoms with Gasteiger partial charge < -0.3 is 10.1 Å². The van der Waals surface area contributed by atoms with Gasteiger partial charge in [0.25, 0.3) is 10.0 Å². The lowest BCUT2D eigenvalue weighted by Gasteiger charge is -2.25. The fourth-order valence-corrected chi connectivity index (χ4v) is 4.97. The molecule has 6 nitrogen and oxygen atoms in total. The van der Waals surface area contributed by atoms with E-state index in [1.54, 1.807) is 30.3 Å². The van der Waals surface area contributed by atoms with Crippen LogP contribution in [0.5, 0.6) is 5.75 Å². The first-order valence-corrected chi connectivity index (χ1v) is 11.8. The Hall–Kier alpha value is -3.32. The SMILES string of the molecule is COc1ccc(C)cc1S(=O)(=O)N(CC(=O)NCCc1ccccc1)c1ccc(C)cc1. The van der Waals surface area contributed by atoms with Gasteiger partial charge in [-0.3, -0.25) is 9.10 Å². The molecule has 0 aliphatic carbocycles. The number of hydrogen-bond donors (Lipinski definition) is 1. The highest BCUT2D eigenvalue weighted by atomic mass is 32.2. The van der Waals surface area contributed by atoms with Crippen LogP contribution in [-0.2, 0) is 21.2 Å². The van der Waals surface area contributed by atoms with E-state index < -0.39 is 10.0 Å². The van der Waals surface area contributed by atoms with Gasteiger partial charge in [-0.2, -0.15) is 0 Å². The maximum Gasteiger partial charge on any atom is 0.268 e. The quantitative estimate of drug-likeness (QED) is 0.535. The summed E-state index contributed by atoms with van der Waals surface area (Å²) in [5.41, 5.74) is 3.28. The molecule has 0 aromatic heterocycles. The standard InChI is InChI=1S/C25H28N2O4S/c1-19-9-12-22(13-10-19)27(18-25(28)26-16-15-21-7-5-4-6-8-21)32(29,30)24-17-20(2)11-14-23(24)31-3/h4-14,17H,15-16,18H2,1-3H3,(H,26,28). The van der Waals surface area contributed by atoms with Crippen molar-refractivity contribution in [2.75, 3.05) is 24.5 Å². The lowest BCUT2D eigenvalue weighted by molar-refractivity contribution is -0.119. The number of benzene rings is 3. The molecule has 7 heteroatoms. The number of carbonyl (C=O) groups is 1. The fraction of sp³-hybridized carbons (Fsp3) is 0.240. The van der Waals surface area contributed by atoms with Crippen LogP contribution < -0.4 is 14.4 Å². The molecule has 0 atom stereocenters. The minimum absolute atomic E-state index is 0.0256. The molecule has 1 amide bonds.